The molecule has 0 saturated heterocycles. The van der Waals surface area contributed by atoms with Gasteiger partial charge in [0.05, 0.1) is 18.7 Å². The predicted octanol–water partition coefficient (Wildman–Crippen LogP) is 4.12. The number of nitrogens with zero attached hydrogens (tertiary/aromatic N) is 1. The molecule has 1 N–H and O–H groups in total. The maximum atomic E-state index is 12.8. The van der Waals surface area contributed by atoms with Gasteiger partial charge in [-0.3, -0.25) is 14.7 Å². The Morgan fingerprint density at radius 1 is 1.25 bits per heavy atom. The van der Waals surface area contributed by atoms with Crippen molar-refractivity contribution in [2.45, 2.75) is 58.7 Å². The monoisotopic (exact) mass is 384 g/mol. The Labute approximate surface area is 165 Å². The third-order valence-corrected chi connectivity index (χ3v) is 4.66. The molecule has 0 bridgehead atoms. The number of carbonyl (C=O) groups excluding carboxylic acids is 2. The fourth-order valence-electron chi connectivity index (χ4n) is 3.62. The van der Waals surface area contributed by atoms with Crippen LogP contribution < -0.4 is 5.32 Å². The summed E-state index contributed by atoms with van der Waals surface area (Å²) in [6.07, 6.45) is 3.88. The van der Waals surface area contributed by atoms with Crippen molar-refractivity contribution in [3.05, 3.63) is 47.2 Å². The van der Waals surface area contributed by atoms with E-state index >= 15 is 0 Å². The molecule has 0 radical (unpaired) electrons. The molecule has 1 aromatic carbocycles. The molecular weight excluding hydrogens is 356 g/mol. The summed E-state index contributed by atoms with van der Waals surface area (Å²) in [5.41, 5.74) is 3.27. The number of hydrogen-bond donors (Lipinski definition) is 1. The van der Waals surface area contributed by atoms with E-state index in [2.05, 4.69) is 11.4 Å². The standard InChI is InChI=1S/C22H28N2O4/c1-13(2)10-16-15-8-7-9-18-19(15)14(11-17(23-16)20(25)27-6)12-24(18)21(26)28-22(3,4)5/h7-10,12,16-17,23H,11H2,1-6H3/t16-,17-/m0/s1. The van der Waals surface area contributed by atoms with E-state index in [9.17, 15) is 9.59 Å². The number of allylic oxidation sites excluding steroid dienone is 1. The minimum Gasteiger partial charge on any atom is -0.468 e. The molecule has 1 aliphatic heterocycles. The highest BCUT2D eigenvalue weighted by molar-refractivity contribution is 5.95. The Balaban J connectivity index is 2.19. The maximum Gasteiger partial charge on any atom is 0.419 e. The molecule has 6 nitrogen and oxygen atoms in total. The highest BCUT2D eigenvalue weighted by Gasteiger charge is 2.31. The lowest BCUT2D eigenvalue weighted by atomic mass is 9.99. The molecule has 0 saturated carbocycles. The van der Waals surface area contributed by atoms with Crippen LogP contribution in [0.5, 0.6) is 0 Å². The molecule has 28 heavy (non-hydrogen) atoms. The summed E-state index contributed by atoms with van der Waals surface area (Å²) >= 11 is 0. The summed E-state index contributed by atoms with van der Waals surface area (Å²) in [5, 5.41) is 4.38. The van der Waals surface area contributed by atoms with Gasteiger partial charge in [-0.25, -0.2) is 4.79 Å². The van der Waals surface area contributed by atoms with Gasteiger partial charge in [0.25, 0.3) is 0 Å². The van der Waals surface area contributed by atoms with Gasteiger partial charge >= 0.3 is 12.1 Å². The van der Waals surface area contributed by atoms with Gasteiger partial charge in [0, 0.05) is 18.0 Å². The fraction of sp³-hybridized carbons (Fsp3) is 0.455. The fourth-order valence-corrected chi connectivity index (χ4v) is 3.62. The van der Waals surface area contributed by atoms with E-state index < -0.39 is 17.7 Å². The third kappa shape index (κ3) is 3.97. The number of nitrogens with one attached hydrogen (secondary N) is 1. The van der Waals surface area contributed by atoms with Crippen LogP contribution in [0.4, 0.5) is 4.79 Å². The zero-order chi connectivity index (χ0) is 20.6. The Kier molecular flexibility index (Phi) is 5.35. The van der Waals surface area contributed by atoms with E-state index in [-0.39, 0.29) is 12.0 Å². The van der Waals surface area contributed by atoms with E-state index in [1.165, 1.54) is 7.11 Å². The van der Waals surface area contributed by atoms with Crippen LogP contribution in [0.2, 0.25) is 0 Å². The number of esters is 1. The maximum absolute atomic E-state index is 12.8. The van der Waals surface area contributed by atoms with Gasteiger partial charge < -0.3 is 9.47 Å². The summed E-state index contributed by atoms with van der Waals surface area (Å²) in [5.74, 6) is -0.321. The third-order valence-electron chi connectivity index (χ3n) is 4.66. The smallest absolute Gasteiger partial charge is 0.419 e. The molecule has 0 aliphatic carbocycles. The minimum absolute atomic E-state index is 0.159. The molecule has 0 fully saturated rings. The SMILES string of the molecule is COC(=O)[C@@H]1Cc2cn(C(=O)OC(C)(C)C)c3cccc(c23)[C@H](C=C(C)C)N1. The molecule has 1 aromatic heterocycles. The molecule has 1 aliphatic rings. The van der Waals surface area contributed by atoms with Gasteiger partial charge in [0.15, 0.2) is 0 Å². The van der Waals surface area contributed by atoms with E-state index in [0.29, 0.717) is 6.42 Å². The number of methoxy groups -OCH3 is 1. The van der Waals surface area contributed by atoms with Crippen LogP contribution in [0.3, 0.4) is 0 Å². The van der Waals surface area contributed by atoms with Gasteiger partial charge in [-0.15, -0.1) is 0 Å². The molecule has 3 rings (SSSR count). The van der Waals surface area contributed by atoms with E-state index in [0.717, 1.165) is 27.6 Å². The van der Waals surface area contributed by atoms with Gasteiger partial charge in [0.2, 0.25) is 0 Å². The van der Waals surface area contributed by atoms with Crippen LogP contribution >= 0.6 is 0 Å². The van der Waals surface area contributed by atoms with Crippen molar-refractivity contribution in [3.8, 4) is 0 Å². The second kappa shape index (κ2) is 7.43. The van der Waals surface area contributed by atoms with Crippen LogP contribution in [-0.2, 0) is 20.7 Å². The lowest BCUT2D eigenvalue weighted by Gasteiger charge is -2.22. The highest BCUT2D eigenvalue weighted by atomic mass is 16.6. The van der Waals surface area contributed by atoms with Crippen LogP contribution in [0.25, 0.3) is 10.9 Å². The van der Waals surface area contributed by atoms with Crippen LogP contribution in [-0.4, -0.2) is 35.4 Å². The number of aromatic nitrogens is 1. The van der Waals surface area contributed by atoms with Crippen molar-refractivity contribution in [3.63, 3.8) is 0 Å². The first-order valence-electron chi connectivity index (χ1n) is 9.46. The molecule has 0 spiro atoms. The molecular formula is C22H28N2O4. The zero-order valence-electron chi connectivity index (χ0n) is 17.3. The largest absolute Gasteiger partial charge is 0.468 e. The van der Waals surface area contributed by atoms with Crippen molar-refractivity contribution in [1.82, 2.24) is 9.88 Å². The molecule has 6 heteroatoms. The van der Waals surface area contributed by atoms with Gasteiger partial charge in [-0.1, -0.05) is 23.8 Å². The summed E-state index contributed by atoms with van der Waals surface area (Å²) < 4.78 is 12.1. The highest BCUT2D eigenvalue weighted by Crippen LogP contribution is 2.34. The molecule has 150 valence electrons. The lowest BCUT2D eigenvalue weighted by molar-refractivity contribution is -0.143. The summed E-state index contributed by atoms with van der Waals surface area (Å²) in [6, 6.07) is 5.20. The average Bonchev–Trinajstić information content (AvgIpc) is 2.88. The minimum atomic E-state index is -0.594. The average molecular weight is 384 g/mol. The predicted molar refractivity (Wildman–Crippen MR) is 108 cm³/mol. The first-order valence-corrected chi connectivity index (χ1v) is 9.46. The molecule has 2 atom stereocenters. The van der Waals surface area contributed by atoms with Crippen molar-refractivity contribution in [1.29, 1.82) is 0 Å². The van der Waals surface area contributed by atoms with Crippen LogP contribution in [0.1, 0.15) is 51.8 Å². The van der Waals surface area contributed by atoms with Gasteiger partial charge in [-0.2, -0.15) is 0 Å². The van der Waals surface area contributed by atoms with Gasteiger partial charge in [0.1, 0.15) is 11.6 Å². The molecule has 2 heterocycles. The van der Waals surface area contributed by atoms with Crippen LogP contribution in [0, 0.1) is 0 Å². The van der Waals surface area contributed by atoms with Crippen molar-refractivity contribution < 1.29 is 19.1 Å². The number of hydrogen-bond acceptors (Lipinski definition) is 5. The van der Waals surface area contributed by atoms with Gasteiger partial charge in [-0.05, 0) is 51.8 Å². The summed E-state index contributed by atoms with van der Waals surface area (Å²) in [4.78, 5) is 25.1. The molecule has 0 amide bonds. The second-order valence-corrected chi connectivity index (χ2v) is 8.41. The summed E-state index contributed by atoms with van der Waals surface area (Å²) in [6.45, 7) is 9.57. The summed E-state index contributed by atoms with van der Waals surface area (Å²) in [7, 11) is 1.39. The van der Waals surface area contributed by atoms with Crippen LogP contribution in [0.15, 0.2) is 36.0 Å². The number of ether oxygens (including phenoxy) is 2. The van der Waals surface area contributed by atoms with Crippen molar-refractivity contribution in [2.24, 2.45) is 0 Å². The van der Waals surface area contributed by atoms with E-state index in [1.807, 2.05) is 52.8 Å². The Morgan fingerprint density at radius 2 is 1.96 bits per heavy atom. The first-order chi connectivity index (χ1) is 13.1. The Hall–Kier alpha value is -2.60. The molecule has 0 unspecified atom stereocenters. The number of carbonyl (C=O) groups is 2. The van der Waals surface area contributed by atoms with Crippen molar-refractivity contribution >= 4 is 23.0 Å². The zero-order valence-corrected chi connectivity index (χ0v) is 17.3. The Bertz CT molecular complexity index is 945. The normalized spacial score (nSPS) is 19.1. The topological polar surface area (TPSA) is 69.6 Å². The van der Waals surface area contributed by atoms with Crippen molar-refractivity contribution in [2.75, 3.05) is 7.11 Å². The number of rotatable bonds is 2. The Morgan fingerprint density at radius 3 is 2.57 bits per heavy atom. The first kappa shape index (κ1) is 20.1. The van der Waals surface area contributed by atoms with E-state index in [4.69, 9.17) is 9.47 Å². The lowest BCUT2D eigenvalue weighted by Crippen LogP contribution is -2.40. The molecule has 2 aromatic rings. The van der Waals surface area contributed by atoms with E-state index in [1.54, 1.807) is 10.8 Å². The number of benzene rings is 1. The second-order valence-electron chi connectivity index (χ2n) is 8.41. The quantitative estimate of drug-likeness (QED) is 0.623.